The number of nitrogens with two attached hydrogens (primary N) is 1. The Labute approximate surface area is 113 Å². The predicted octanol–water partition coefficient (Wildman–Crippen LogP) is 3.87. The van der Waals surface area contributed by atoms with Crippen molar-refractivity contribution in [1.82, 2.24) is 4.98 Å². The van der Waals surface area contributed by atoms with Gasteiger partial charge in [0.2, 0.25) is 0 Å². The minimum absolute atomic E-state index is 0.00949. The standard InChI is InChI=1S/C15H18N2S/c1-10-4-5-11(2)15(8-10)18-13-6-7-14(12(3)16)17-9-13/h4-9,12H,16H2,1-3H3. The number of aryl methyl sites for hydroxylation is 2. The van der Waals surface area contributed by atoms with E-state index in [0.29, 0.717) is 0 Å². The van der Waals surface area contributed by atoms with Crippen molar-refractivity contribution < 1.29 is 0 Å². The molecular weight excluding hydrogens is 240 g/mol. The van der Waals surface area contributed by atoms with Crippen molar-refractivity contribution >= 4 is 11.8 Å². The molecule has 1 unspecified atom stereocenters. The minimum atomic E-state index is -0.00949. The molecule has 0 amide bonds. The Balaban J connectivity index is 2.21. The van der Waals surface area contributed by atoms with Crippen molar-refractivity contribution in [1.29, 1.82) is 0 Å². The van der Waals surface area contributed by atoms with Crippen LogP contribution in [0.5, 0.6) is 0 Å². The van der Waals surface area contributed by atoms with Crippen LogP contribution < -0.4 is 5.73 Å². The van der Waals surface area contributed by atoms with E-state index >= 15 is 0 Å². The van der Waals surface area contributed by atoms with E-state index in [-0.39, 0.29) is 6.04 Å². The minimum Gasteiger partial charge on any atom is -0.323 e. The number of hydrogen-bond acceptors (Lipinski definition) is 3. The van der Waals surface area contributed by atoms with Gasteiger partial charge in [0.05, 0.1) is 5.69 Å². The molecule has 2 N–H and O–H groups in total. The first kappa shape index (κ1) is 13.1. The molecule has 2 nitrogen and oxygen atoms in total. The number of aromatic nitrogens is 1. The molecule has 0 aliphatic rings. The molecule has 3 heteroatoms. The Morgan fingerprint density at radius 3 is 2.56 bits per heavy atom. The van der Waals surface area contributed by atoms with Crippen LogP contribution in [0.4, 0.5) is 0 Å². The van der Waals surface area contributed by atoms with Gasteiger partial charge in [-0.15, -0.1) is 0 Å². The maximum absolute atomic E-state index is 5.79. The lowest BCUT2D eigenvalue weighted by Crippen LogP contribution is -2.06. The molecule has 2 aromatic rings. The van der Waals surface area contributed by atoms with Crippen LogP contribution >= 0.6 is 11.8 Å². The van der Waals surface area contributed by atoms with Crippen LogP contribution in [0.3, 0.4) is 0 Å². The monoisotopic (exact) mass is 258 g/mol. The third kappa shape index (κ3) is 3.12. The van der Waals surface area contributed by atoms with Crippen molar-refractivity contribution in [3.05, 3.63) is 53.3 Å². The Kier molecular flexibility index (Phi) is 4.04. The van der Waals surface area contributed by atoms with Crippen molar-refractivity contribution in [2.75, 3.05) is 0 Å². The summed E-state index contributed by atoms with van der Waals surface area (Å²) in [6.07, 6.45) is 1.89. The number of pyridine rings is 1. The normalized spacial score (nSPS) is 12.4. The number of benzene rings is 1. The summed E-state index contributed by atoms with van der Waals surface area (Å²) in [6.45, 7) is 6.19. The van der Waals surface area contributed by atoms with Crippen LogP contribution in [-0.2, 0) is 0 Å². The average molecular weight is 258 g/mol. The second-order valence-corrected chi connectivity index (χ2v) is 5.69. The molecule has 0 saturated heterocycles. The summed E-state index contributed by atoms with van der Waals surface area (Å²) in [5.74, 6) is 0. The fourth-order valence-corrected chi connectivity index (χ4v) is 2.63. The highest BCUT2D eigenvalue weighted by Gasteiger charge is 2.04. The van der Waals surface area contributed by atoms with E-state index in [9.17, 15) is 0 Å². The van der Waals surface area contributed by atoms with Crippen LogP contribution in [0.25, 0.3) is 0 Å². The molecule has 1 aromatic heterocycles. The zero-order chi connectivity index (χ0) is 13.1. The summed E-state index contributed by atoms with van der Waals surface area (Å²) in [7, 11) is 0. The van der Waals surface area contributed by atoms with Gasteiger partial charge in [0, 0.05) is 22.0 Å². The molecule has 2 rings (SSSR count). The molecule has 0 saturated carbocycles. The quantitative estimate of drug-likeness (QED) is 0.908. The van der Waals surface area contributed by atoms with Crippen molar-refractivity contribution in [3.63, 3.8) is 0 Å². The molecule has 0 radical (unpaired) electrons. The lowest BCUT2D eigenvalue weighted by Gasteiger charge is -2.08. The van der Waals surface area contributed by atoms with E-state index < -0.39 is 0 Å². The maximum Gasteiger partial charge on any atom is 0.0569 e. The second-order valence-electron chi connectivity index (χ2n) is 4.58. The largest absolute Gasteiger partial charge is 0.323 e. The van der Waals surface area contributed by atoms with Gasteiger partial charge in [0.1, 0.15) is 0 Å². The molecule has 0 bridgehead atoms. The molecule has 0 fully saturated rings. The molecule has 0 spiro atoms. The fourth-order valence-electron chi connectivity index (χ4n) is 1.67. The first-order chi connectivity index (χ1) is 8.56. The first-order valence-corrected chi connectivity index (χ1v) is 6.84. The van der Waals surface area contributed by atoms with E-state index in [1.54, 1.807) is 11.8 Å². The smallest absolute Gasteiger partial charge is 0.0569 e. The Hall–Kier alpha value is -1.32. The van der Waals surface area contributed by atoms with Crippen molar-refractivity contribution in [2.24, 2.45) is 5.73 Å². The number of hydrogen-bond donors (Lipinski definition) is 1. The second kappa shape index (κ2) is 5.55. The van der Waals surface area contributed by atoms with Gasteiger partial charge in [-0.05, 0) is 50.1 Å². The molecular formula is C15H18N2S. The van der Waals surface area contributed by atoms with E-state index in [4.69, 9.17) is 5.73 Å². The summed E-state index contributed by atoms with van der Waals surface area (Å²) < 4.78 is 0. The molecule has 1 heterocycles. The van der Waals surface area contributed by atoms with Gasteiger partial charge in [-0.25, -0.2) is 0 Å². The zero-order valence-corrected chi connectivity index (χ0v) is 11.8. The SMILES string of the molecule is Cc1ccc(C)c(Sc2ccc(C(C)N)nc2)c1. The van der Waals surface area contributed by atoms with Crippen LogP contribution in [0, 0.1) is 13.8 Å². The molecule has 0 aliphatic carbocycles. The Morgan fingerprint density at radius 2 is 1.94 bits per heavy atom. The summed E-state index contributed by atoms with van der Waals surface area (Å²) in [6, 6.07) is 10.6. The van der Waals surface area contributed by atoms with Gasteiger partial charge in [0.25, 0.3) is 0 Å². The van der Waals surface area contributed by atoms with Gasteiger partial charge in [-0.1, -0.05) is 23.9 Å². The third-order valence-electron chi connectivity index (χ3n) is 2.80. The highest BCUT2D eigenvalue weighted by Crippen LogP contribution is 2.30. The fraction of sp³-hybridized carbons (Fsp3) is 0.267. The maximum atomic E-state index is 5.79. The van der Waals surface area contributed by atoms with Crippen LogP contribution in [-0.4, -0.2) is 4.98 Å². The molecule has 18 heavy (non-hydrogen) atoms. The Bertz CT molecular complexity index is 533. The van der Waals surface area contributed by atoms with E-state index in [1.807, 2.05) is 19.2 Å². The molecule has 1 atom stereocenters. The number of nitrogens with zero attached hydrogens (tertiary/aromatic N) is 1. The van der Waals surface area contributed by atoms with Gasteiger partial charge >= 0.3 is 0 Å². The van der Waals surface area contributed by atoms with Gasteiger partial charge in [-0.3, -0.25) is 4.98 Å². The van der Waals surface area contributed by atoms with Gasteiger partial charge < -0.3 is 5.73 Å². The zero-order valence-electron chi connectivity index (χ0n) is 11.0. The van der Waals surface area contributed by atoms with Gasteiger partial charge in [-0.2, -0.15) is 0 Å². The average Bonchev–Trinajstić information content (AvgIpc) is 2.34. The molecule has 1 aromatic carbocycles. The third-order valence-corrected chi connectivity index (χ3v) is 3.93. The topological polar surface area (TPSA) is 38.9 Å². The first-order valence-electron chi connectivity index (χ1n) is 6.03. The van der Waals surface area contributed by atoms with Crippen LogP contribution in [0.15, 0.2) is 46.3 Å². The predicted molar refractivity (Wildman–Crippen MR) is 76.9 cm³/mol. The van der Waals surface area contributed by atoms with Crippen LogP contribution in [0.1, 0.15) is 29.8 Å². The highest BCUT2D eigenvalue weighted by atomic mass is 32.2. The van der Waals surface area contributed by atoms with Crippen molar-refractivity contribution in [3.8, 4) is 0 Å². The summed E-state index contributed by atoms with van der Waals surface area (Å²) in [4.78, 5) is 6.81. The highest BCUT2D eigenvalue weighted by molar-refractivity contribution is 7.99. The van der Waals surface area contributed by atoms with Crippen LogP contribution in [0.2, 0.25) is 0 Å². The summed E-state index contributed by atoms with van der Waals surface area (Å²) in [5, 5.41) is 0. The van der Waals surface area contributed by atoms with E-state index in [0.717, 1.165) is 10.6 Å². The van der Waals surface area contributed by atoms with Crippen molar-refractivity contribution in [2.45, 2.75) is 36.6 Å². The lowest BCUT2D eigenvalue weighted by molar-refractivity contribution is 0.777. The number of rotatable bonds is 3. The summed E-state index contributed by atoms with van der Waals surface area (Å²) >= 11 is 1.75. The van der Waals surface area contributed by atoms with Gasteiger partial charge in [0.15, 0.2) is 0 Å². The van der Waals surface area contributed by atoms with E-state index in [2.05, 4.69) is 43.1 Å². The summed E-state index contributed by atoms with van der Waals surface area (Å²) in [5.41, 5.74) is 9.30. The molecule has 0 aliphatic heterocycles. The molecule has 94 valence electrons. The Morgan fingerprint density at radius 1 is 1.17 bits per heavy atom. The van der Waals surface area contributed by atoms with E-state index in [1.165, 1.54) is 16.0 Å². The lowest BCUT2D eigenvalue weighted by atomic mass is 10.2.